The minimum Gasteiger partial charge on any atom is -0.494 e. The Bertz CT molecular complexity index is 1240. The monoisotopic (exact) mass is 464 g/mol. The van der Waals surface area contributed by atoms with Crippen LogP contribution in [0.4, 0.5) is 5.95 Å². The molecular formula is C22H26N9O3+. The molecule has 1 N–H and O–H groups in total. The van der Waals surface area contributed by atoms with Gasteiger partial charge < -0.3 is 19.7 Å². The van der Waals surface area contributed by atoms with Gasteiger partial charge in [-0.25, -0.2) is 4.98 Å². The van der Waals surface area contributed by atoms with Gasteiger partial charge in [0.2, 0.25) is 18.4 Å². The molecule has 0 atom stereocenters. The number of carbonyl (C=O) groups is 1. The Labute approximate surface area is 196 Å². The lowest BCUT2D eigenvalue weighted by Crippen LogP contribution is -2.45. The van der Waals surface area contributed by atoms with Crippen LogP contribution in [0.3, 0.4) is 0 Å². The van der Waals surface area contributed by atoms with Gasteiger partial charge in [0, 0.05) is 13.1 Å². The molecular weight excluding hydrogens is 438 g/mol. The maximum Gasteiger partial charge on any atom is 0.248 e. The summed E-state index contributed by atoms with van der Waals surface area (Å²) in [4.78, 5) is 22.8. The maximum atomic E-state index is 11.9. The van der Waals surface area contributed by atoms with Crippen molar-refractivity contribution in [3.05, 3.63) is 42.4 Å². The highest BCUT2D eigenvalue weighted by Crippen LogP contribution is 2.20. The van der Waals surface area contributed by atoms with E-state index in [1.807, 2.05) is 52.0 Å². The standard InChI is InChI=1S/C22H26N9O3/c1-3-34-18-6-4-17(5-7-18)31-21-19(26-27-31)12-23-22(25-21)24-16-13-28(2)30(14-16)9-8-29-10-11-33-15-20(29)32/h4-7,12,14H,2-3,8-11,13,15H2,1H3,(H,23,24,25)/q+1. The van der Waals surface area contributed by atoms with E-state index in [-0.39, 0.29) is 12.5 Å². The van der Waals surface area contributed by atoms with Gasteiger partial charge in [-0.05, 0) is 31.2 Å². The molecule has 1 aromatic carbocycles. The average molecular weight is 465 g/mol. The smallest absolute Gasteiger partial charge is 0.248 e. The first-order valence-corrected chi connectivity index (χ1v) is 11.1. The fraction of sp³-hybridized carbons (Fsp3) is 0.364. The minimum atomic E-state index is 0.0165. The number of carbonyl (C=O) groups excluding carboxylic acids is 1. The Morgan fingerprint density at radius 2 is 2.12 bits per heavy atom. The van der Waals surface area contributed by atoms with Crippen molar-refractivity contribution < 1.29 is 19.0 Å². The number of nitrogens with one attached hydrogen (secondary N) is 1. The lowest BCUT2D eigenvalue weighted by Gasteiger charge is -2.27. The second-order valence-corrected chi connectivity index (χ2v) is 7.87. The van der Waals surface area contributed by atoms with Crippen molar-refractivity contribution in [3.8, 4) is 11.4 Å². The number of hydrazine groups is 1. The van der Waals surface area contributed by atoms with Crippen molar-refractivity contribution in [2.24, 2.45) is 0 Å². The fourth-order valence-corrected chi connectivity index (χ4v) is 3.83. The van der Waals surface area contributed by atoms with Crippen molar-refractivity contribution in [2.75, 3.05) is 51.3 Å². The van der Waals surface area contributed by atoms with Crippen LogP contribution in [0.25, 0.3) is 16.9 Å². The number of hydrazone groups is 1. The van der Waals surface area contributed by atoms with E-state index < -0.39 is 0 Å². The fourth-order valence-electron chi connectivity index (χ4n) is 3.83. The van der Waals surface area contributed by atoms with E-state index in [1.165, 1.54) is 0 Å². The molecule has 2 aromatic heterocycles. The Hall–Kier alpha value is -4.06. The number of nitrogens with zero attached hydrogens (tertiary/aromatic N) is 8. The van der Waals surface area contributed by atoms with Crippen molar-refractivity contribution in [3.63, 3.8) is 0 Å². The molecule has 2 aliphatic heterocycles. The molecule has 2 aliphatic rings. The summed E-state index contributed by atoms with van der Waals surface area (Å²) < 4.78 is 14.2. The van der Waals surface area contributed by atoms with E-state index in [9.17, 15) is 4.79 Å². The molecule has 0 radical (unpaired) electrons. The number of hydrogen-bond acceptors (Lipinski definition) is 9. The molecule has 1 saturated heterocycles. The van der Waals surface area contributed by atoms with Gasteiger partial charge in [-0.3, -0.25) is 4.79 Å². The van der Waals surface area contributed by atoms with E-state index in [0.717, 1.165) is 17.1 Å². The third kappa shape index (κ3) is 4.53. The summed E-state index contributed by atoms with van der Waals surface area (Å²) in [5.74, 6) is 1.25. The summed E-state index contributed by atoms with van der Waals surface area (Å²) in [6, 6.07) is 7.59. The van der Waals surface area contributed by atoms with E-state index in [2.05, 4.69) is 32.3 Å². The van der Waals surface area contributed by atoms with Gasteiger partial charge in [0.05, 0.1) is 37.8 Å². The summed E-state index contributed by atoms with van der Waals surface area (Å²) in [6.07, 6.45) is 3.59. The predicted molar refractivity (Wildman–Crippen MR) is 124 cm³/mol. The number of ether oxygens (including phenoxy) is 2. The van der Waals surface area contributed by atoms with Crippen LogP contribution >= 0.6 is 0 Å². The van der Waals surface area contributed by atoms with Gasteiger partial charge in [0.25, 0.3) is 0 Å². The van der Waals surface area contributed by atoms with Crippen LogP contribution in [0.5, 0.6) is 5.75 Å². The molecule has 0 saturated carbocycles. The van der Waals surface area contributed by atoms with Crippen LogP contribution in [0.1, 0.15) is 6.92 Å². The summed E-state index contributed by atoms with van der Waals surface area (Å²) in [5, 5.41) is 13.6. The van der Waals surface area contributed by atoms with Crippen LogP contribution in [0, 0.1) is 0 Å². The predicted octanol–water partition coefficient (Wildman–Crippen LogP) is 0.665. The van der Waals surface area contributed by atoms with Crippen LogP contribution in [-0.2, 0) is 9.53 Å². The second-order valence-electron chi connectivity index (χ2n) is 7.87. The topological polar surface area (TPSA) is 114 Å². The molecule has 176 valence electrons. The van der Waals surface area contributed by atoms with Crippen LogP contribution in [0.2, 0.25) is 0 Å². The molecule has 34 heavy (non-hydrogen) atoms. The molecule has 1 amide bonds. The third-order valence-corrected chi connectivity index (χ3v) is 5.56. The van der Waals surface area contributed by atoms with Crippen LogP contribution in [0.15, 0.2) is 42.4 Å². The number of hydrogen-bond donors (Lipinski definition) is 1. The first kappa shape index (κ1) is 21.8. The van der Waals surface area contributed by atoms with Gasteiger partial charge in [-0.1, -0.05) is 5.21 Å². The van der Waals surface area contributed by atoms with E-state index >= 15 is 0 Å². The van der Waals surface area contributed by atoms with Crippen LogP contribution < -0.4 is 10.1 Å². The molecule has 5 rings (SSSR count). The zero-order valence-corrected chi connectivity index (χ0v) is 18.9. The highest BCUT2D eigenvalue weighted by Gasteiger charge is 2.26. The Morgan fingerprint density at radius 1 is 1.26 bits per heavy atom. The maximum absolute atomic E-state index is 11.9. The summed E-state index contributed by atoms with van der Waals surface area (Å²) in [6.45, 7) is 9.77. The molecule has 3 aromatic rings. The molecule has 0 bridgehead atoms. The van der Waals surface area contributed by atoms with Gasteiger partial charge in [-0.2, -0.15) is 14.7 Å². The highest BCUT2D eigenvalue weighted by molar-refractivity contribution is 5.78. The zero-order valence-electron chi connectivity index (χ0n) is 18.9. The van der Waals surface area contributed by atoms with Crippen LogP contribution in [-0.4, -0.2) is 98.2 Å². The number of amides is 1. The molecule has 1 fully saturated rings. The lowest BCUT2D eigenvalue weighted by molar-refractivity contribution is -0.653. The molecule has 0 aliphatic carbocycles. The van der Waals surface area contributed by atoms with Gasteiger partial charge in [-0.15, -0.1) is 9.78 Å². The first-order chi connectivity index (χ1) is 16.6. The lowest BCUT2D eigenvalue weighted by atomic mass is 10.3. The summed E-state index contributed by atoms with van der Waals surface area (Å²) >= 11 is 0. The van der Waals surface area contributed by atoms with Crippen molar-refractivity contribution >= 4 is 29.7 Å². The number of benzene rings is 1. The molecule has 12 nitrogen and oxygen atoms in total. The minimum absolute atomic E-state index is 0.0165. The Balaban J connectivity index is 1.29. The molecule has 4 heterocycles. The van der Waals surface area contributed by atoms with Crippen molar-refractivity contribution in [2.45, 2.75) is 6.92 Å². The summed E-state index contributed by atoms with van der Waals surface area (Å²) in [7, 11) is 0. The summed E-state index contributed by atoms with van der Waals surface area (Å²) in [5.41, 5.74) is 2.90. The largest absolute Gasteiger partial charge is 0.494 e. The van der Waals surface area contributed by atoms with Gasteiger partial charge in [0.15, 0.2) is 17.9 Å². The average Bonchev–Trinajstić information content (AvgIpc) is 3.42. The van der Waals surface area contributed by atoms with Gasteiger partial charge in [0.1, 0.15) is 18.1 Å². The Morgan fingerprint density at radius 3 is 2.91 bits per heavy atom. The number of rotatable bonds is 8. The number of aromatic nitrogens is 5. The third-order valence-electron chi connectivity index (χ3n) is 5.56. The first-order valence-electron chi connectivity index (χ1n) is 11.1. The quantitative estimate of drug-likeness (QED) is 0.480. The van der Waals surface area contributed by atoms with E-state index in [1.54, 1.807) is 10.9 Å². The Kier molecular flexibility index (Phi) is 6.04. The zero-order chi connectivity index (χ0) is 23.5. The molecule has 0 spiro atoms. The van der Waals surface area contributed by atoms with E-state index in [4.69, 9.17) is 9.47 Å². The van der Waals surface area contributed by atoms with E-state index in [0.29, 0.717) is 56.5 Å². The second kappa shape index (κ2) is 9.43. The number of morpholine rings is 1. The van der Waals surface area contributed by atoms with Gasteiger partial charge >= 0.3 is 0 Å². The number of anilines is 1. The molecule has 0 unspecified atom stereocenters. The highest BCUT2D eigenvalue weighted by atomic mass is 16.5. The number of fused-ring (bicyclic) bond motifs is 1. The molecule has 12 heteroatoms. The SMILES string of the molecule is C=[N+]1CC(Nc2ncc3nnn(-c4ccc(OCC)cc4)c3n2)=CN1CCN1CCOCC1=O. The normalized spacial score (nSPS) is 16.3. The van der Waals surface area contributed by atoms with Crippen molar-refractivity contribution in [1.29, 1.82) is 0 Å². The van der Waals surface area contributed by atoms with Crippen molar-refractivity contribution in [1.82, 2.24) is 34.9 Å².